The van der Waals surface area contributed by atoms with Gasteiger partial charge in [0, 0.05) is 37.2 Å². The van der Waals surface area contributed by atoms with E-state index in [1.54, 1.807) is 35.2 Å². The maximum Gasteiger partial charge on any atom is 0.266 e. The zero-order chi connectivity index (χ0) is 27.8. The van der Waals surface area contributed by atoms with Crippen LogP contribution in [-0.2, 0) is 9.47 Å². The van der Waals surface area contributed by atoms with Crippen LogP contribution in [0.1, 0.15) is 35.4 Å². The second-order valence-electron chi connectivity index (χ2n) is 9.83. The van der Waals surface area contributed by atoms with Gasteiger partial charge in [0.2, 0.25) is 0 Å². The summed E-state index contributed by atoms with van der Waals surface area (Å²) in [5.41, 5.74) is 0.461. The number of para-hydroxylation sites is 1. The summed E-state index contributed by atoms with van der Waals surface area (Å²) in [4.78, 5) is 29.5. The Hall–Kier alpha value is -3.31. The summed E-state index contributed by atoms with van der Waals surface area (Å²) in [7, 11) is 0. The third-order valence-corrected chi connectivity index (χ3v) is 8.63. The van der Waals surface area contributed by atoms with Crippen LogP contribution in [0.15, 0.2) is 59.4 Å². The number of halogens is 3. The van der Waals surface area contributed by atoms with Gasteiger partial charge < -0.3 is 19.7 Å². The van der Waals surface area contributed by atoms with Gasteiger partial charge in [0.05, 0.1) is 28.2 Å². The highest BCUT2D eigenvalue weighted by molar-refractivity contribution is 7.21. The quantitative estimate of drug-likeness (QED) is 0.280. The third kappa shape index (κ3) is 5.24. The van der Waals surface area contributed by atoms with E-state index in [9.17, 15) is 18.4 Å². The number of carbonyl (C=O) groups excluding carboxylic acids is 1. The molecular weight excluding hydrogens is 560 g/mol. The molecule has 11 heteroatoms. The van der Waals surface area contributed by atoms with Crippen LogP contribution in [-0.4, -0.2) is 47.5 Å². The molecule has 0 aliphatic carbocycles. The Balaban J connectivity index is 1.41. The van der Waals surface area contributed by atoms with Crippen LogP contribution < -0.4 is 10.9 Å². The molecule has 2 fully saturated rings. The van der Waals surface area contributed by atoms with Gasteiger partial charge in [-0.05, 0) is 56.0 Å². The lowest BCUT2D eigenvalue weighted by molar-refractivity contribution is -0.184. The maximum absolute atomic E-state index is 14.7. The van der Waals surface area contributed by atoms with E-state index >= 15 is 0 Å². The molecule has 2 atom stereocenters. The highest BCUT2D eigenvalue weighted by Crippen LogP contribution is 2.40. The topological polar surface area (TPSA) is 72.8 Å². The van der Waals surface area contributed by atoms with Crippen molar-refractivity contribution in [2.24, 2.45) is 0 Å². The number of pyridine rings is 1. The normalized spacial score (nSPS) is 19.3. The molecule has 0 spiro atoms. The minimum Gasteiger partial charge on any atom is -0.353 e. The Bertz CT molecular complexity index is 1640. The number of thiophene rings is 1. The Morgan fingerprint density at radius 3 is 2.73 bits per heavy atom. The first-order valence-electron chi connectivity index (χ1n) is 13.1. The number of hydrogen-bond donors (Lipinski definition) is 1. The van der Waals surface area contributed by atoms with Gasteiger partial charge in [0.15, 0.2) is 6.29 Å². The summed E-state index contributed by atoms with van der Waals surface area (Å²) in [5.74, 6) is -1.80. The van der Waals surface area contributed by atoms with E-state index in [2.05, 4.69) is 5.32 Å². The van der Waals surface area contributed by atoms with Gasteiger partial charge in [-0.25, -0.2) is 8.78 Å². The van der Waals surface area contributed by atoms with E-state index in [0.29, 0.717) is 57.6 Å². The molecule has 0 saturated carbocycles. The SMILES string of the molecule is O=C(c1sc2c(ccc(=O)n2-c2ccccc2Cl)c1Nc1ccc(F)cc1F)N1CC[C@H](OC2CCCCO2)C1. The van der Waals surface area contributed by atoms with Gasteiger partial charge in [-0.15, -0.1) is 11.3 Å². The number of benzene rings is 2. The molecule has 4 aromatic rings. The number of amides is 1. The van der Waals surface area contributed by atoms with Crippen LogP contribution in [0.5, 0.6) is 0 Å². The predicted octanol–water partition coefficient (Wildman–Crippen LogP) is 6.49. The van der Waals surface area contributed by atoms with Crippen LogP contribution in [0, 0.1) is 11.6 Å². The van der Waals surface area contributed by atoms with Gasteiger partial charge >= 0.3 is 0 Å². The van der Waals surface area contributed by atoms with Crippen molar-refractivity contribution >= 4 is 50.4 Å². The Morgan fingerprint density at radius 2 is 1.95 bits per heavy atom. The monoisotopic (exact) mass is 585 g/mol. The summed E-state index contributed by atoms with van der Waals surface area (Å²) in [6, 6.07) is 13.1. The second-order valence-corrected chi connectivity index (χ2v) is 11.2. The molecule has 1 unspecified atom stereocenters. The molecule has 40 heavy (non-hydrogen) atoms. The number of ether oxygens (including phenoxy) is 2. The number of likely N-dealkylation sites (tertiary alicyclic amines) is 1. The molecule has 2 aromatic heterocycles. The first-order chi connectivity index (χ1) is 19.4. The maximum atomic E-state index is 14.7. The third-order valence-electron chi connectivity index (χ3n) is 7.13. The molecule has 0 bridgehead atoms. The van der Waals surface area contributed by atoms with Crippen molar-refractivity contribution < 1.29 is 23.0 Å². The van der Waals surface area contributed by atoms with Crippen LogP contribution in [0.2, 0.25) is 5.02 Å². The number of rotatable bonds is 6. The Labute approximate surface area is 237 Å². The number of aromatic nitrogens is 1. The number of anilines is 2. The minimum absolute atomic E-state index is 0.00252. The molecule has 2 aliphatic heterocycles. The number of nitrogens with one attached hydrogen (secondary N) is 1. The van der Waals surface area contributed by atoms with Gasteiger partial charge in [-0.2, -0.15) is 0 Å². The van der Waals surface area contributed by atoms with Gasteiger partial charge in [-0.1, -0.05) is 23.7 Å². The fraction of sp³-hybridized carbons (Fsp3) is 0.310. The molecule has 2 aliphatic rings. The van der Waals surface area contributed by atoms with Crippen molar-refractivity contribution in [3.63, 3.8) is 0 Å². The summed E-state index contributed by atoms with van der Waals surface area (Å²) in [5, 5.41) is 3.90. The molecule has 4 heterocycles. The van der Waals surface area contributed by atoms with Crippen molar-refractivity contribution in [1.29, 1.82) is 0 Å². The molecule has 1 amide bonds. The van der Waals surface area contributed by atoms with Crippen molar-refractivity contribution in [2.45, 2.75) is 38.1 Å². The van der Waals surface area contributed by atoms with Crippen LogP contribution >= 0.6 is 22.9 Å². The van der Waals surface area contributed by atoms with Gasteiger partial charge in [0.25, 0.3) is 11.5 Å². The number of carbonyl (C=O) groups is 1. The highest BCUT2D eigenvalue weighted by atomic mass is 35.5. The van der Waals surface area contributed by atoms with E-state index in [0.717, 1.165) is 42.7 Å². The van der Waals surface area contributed by atoms with E-state index in [-0.39, 0.29) is 29.5 Å². The van der Waals surface area contributed by atoms with Crippen LogP contribution in [0.4, 0.5) is 20.2 Å². The summed E-state index contributed by atoms with van der Waals surface area (Å²) >= 11 is 7.57. The van der Waals surface area contributed by atoms with Crippen molar-refractivity contribution in [3.05, 3.63) is 86.5 Å². The van der Waals surface area contributed by atoms with Gasteiger partial charge in [0.1, 0.15) is 21.3 Å². The molecule has 6 rings (SSSR count). The second kappa shape index (κ2) is 11.3. The van der Waals surface area contributed by atoms with Crippen molar-refractivity contribution in [1.82, 2.24) is 9.47 Å². The highest BCUT2D eigenvalue weighted by Gasteiger charge is 2.33. The van der Waals surface area contributed by atoms with Crippen molar-refractivity contribution in [2.75, 3.05) is 25.0 Å². The molecular formula is C29H26ClF2N3O4S. The number of nitrogens with zero attached hydrogens (tertiary/aromatic N) is 2. The number of fused-ring (bicyclic) bond motifs is 1. The van der Waals surface area contributed by atoms with E-state index in [4.69, 9.17) is 21.1 Å². The lowest BCUT2D eigenvalue weighted by Gasteiger charge is -2.26. The zero-order valence-corrected chi connectivity index (χ0v) is 22.9. The van der Waals surface area contributed by atoms with Crippen molar-refractivity contribution in [3.8, 4) is 5.69 Å². The molecule has 1 N–H and O–H groups in total. The molecule has 2 aromatic carbocycles. The summed E-state index contributed by atoms with van der Waals surface area (Å²) in [6.07, 6.45) is 3.14. The van der Waals surface area contributed by atoms with Crippen LogP contribution in [0.25, 0.3) is 15.9 Å². The first kappa shape index (κ1) is 26.9. The molecule has 2 saturated heterocycles. The van der Waals surface area contributed by atoms with Gasteiger partial charge in [-0.3, -0.25) is 14.2 Å². The average Bonchev–Trinajstić information content (AvgIpc) is 3.56. The lowest BCUT2D eigenvalue weighted by Crippen LogP contribution is -2.32. The minimum atomic E-state index is -0.806. The molecule has 208 valence electrons. The molecule has 7 nitrogen and oxygen atoms in total. The van der Waals surface area contributed by atoms with Crippen LogP contribution in [0.3, 0.4) is 0 Å². The lowest BCUT2D eigenvalue weighted by atomic mass is 10.2. The summed E-state index contributed by atoms with van der Waals surface area (Å²) in [6.45, 7) is 1.53. The predicted molar refractivity (Wildman–Crippen MR) is 151 cm³/mol. The standard InChI is InChI=1S/C29H26ClF2N3O4S/c30-20-5-1-2-6-23(20)35-24(36)11-9-19-26(33-22-10-8-17(31)15-21(22)32)27(40-29(19)35)28(37)34-13-12-18(16-34)39-25-7-3-4-14-38-25/h1-2,5-6,8-11,15,18,25,33H,3-4,7,12-14,16H2/t18-,25?/m0/s1. The Morgan fingerprint density at radius 1 is 1.10 bits per heavy atom. The smallest absolute Gasteiger partial charge is 0.266 e. The van der Waals surface area contributed by atoms with E-state index in [1.165, 1.54) is 16.7 Å². The molecule has 0 radical (unpaired) electrons. The fourth-order valence-electron chi connectivity index (χ4n) is 5.14. The zero-order valence-electron chi connectivity index (χ0n) is 21.4. The first-order valence-corrected chi connectivity index (χ1v) is 14.3. The average molecular weight is 586 g/mol. The number of hydrogen-bond acceptors (Lipinski definition) is 6. The summed E-state index contributed by atoms with van der Waals surface area (Å²) < 4.78 is 41.6. The Kier molecular flexibility index (Phi) is 7.59. The fourth-order valence-corrected chi connectivity index (χ4v) is 6.60. The largest absolute Gasteiger partial charge is 0.353 e. The van der Waals surface area contributed by atoms with E-state index in [1.807, 2.05) is 0 Å². The van der Waals surface area contributed by atoms with E-state index < -0.39 is 11.6 Å².